The molecule has 0 saturated carbocycles. The van der Waals surface area contributed by atoms with Crippen molar-refractivity contribution in [3.05, 3.63) is 34.3 Å². The zero-order valence-electron chi connectivity index (χ0n) is 11.7. The van der Waals surface area contributed by atoms with Crippen LogP contribution in [0.15, 0.2) is 18.2 Å². The molecule has 1 rings (SSSR count). The smallest absolute Gasteiger partial charge is 0.251 e. The molecule has 0 bridgehead atoms. The fraction of sp³-hybridized carbons (Fsp3) is 0.533. The predicted molar refractivity (Wildman–Crippen MR) is 85.3 cm³/mol. The Labute approximate surface area is 129 Å². The van der Waals surface area contributed by atoms with E-state index >= 15 is 0 Å². The van der Waals surface area contributed by atoms with Gasteiger partial charge in [0.1, 0.15) is 0 Å². The highest BCUT2D eigenvalue weighted by atomic mass is 79.9. The van der Waals surface area contributed by atoms with Crippen LogP contribution in [0.2, 0.25) is 5.02 Å². The molecule has 0 aliphatic rings. The van der Waals surface area contributed by atoms with Gasteiger partial charge in [0.25, 0.3) is 5.91 Å². The van der Waals surface area contributed by atoms with E-state index in [-0.39, 0.29) is 5.91 Å². The largest absolute Gasteiger partial charge is 0.351 e. The van der Waals surface area contributed by atoms with Crippen molar-refractivity contribution >= 4 is 33.4 Å². The van der Waals surface area contributed by atoms with Gasteiger partial charge in [0.2, 0.25) is 0 Å². The molecule has 1 unspecified atom stereocenters. The molecule has 1 N–H and O–H groups in total. The lowest BCUT2D eigenvalue weighted by atomic mass is 9.99. The van der Waals surface area contributed by atoms with E-state index in [1.54, 1.807) is 12.1 Å². The quantitative estimate of drug-likeness (QED) is 0.751. The number of aryl methyl sites for hydroxylation is 1. The lowest BCUT2D eigenvalue weighted by Gasteiger charge is -2.20. The van der Waals surface area contributed by atoms with Crippen LogP contribution in [0.3, 0.4) is 0 Å². The Hall–Kier alpha value is -0.540. The third-order valence-electron chi connectivity index (χ3n) is 3.45. The molecular formula is C15H21BrClNO. The molecule has 0 spiro atoms. The van der Waals surface area contributed by atoms with E-state index in [2.05, 4.69) is 35.1 Å². The van der Waals surface area contributed by atoms with Crippen LogP contribution in [0.1, 0.15) is 42.6 Å². The van der Waals surface area contributed by atoms with E-state index < -0.39 is 0 Å². The van der Waals surface area contributed by atoms with E-state index in [0.717, 1.165) is 18.4 Å². The molecule has 0 aliphatic carbocycles. The van der Waals surface area contributed by atoms with Gasteiger partial charge >= 0.3 is 0 Å². The maximum Gasteiger partial charge on any atom is 0.251 e. The molecule has 1 amide bonds. The molecule has 106 valence electrons. The number of carbonyl (C=O) groups excluding carboxylic acids is 1. The summed E-state index contributed by atoms with van der Waals surface area (Å²) in [5.74, 6) is 0.513. The van der Waals surface area contributed by atoms with Crippen molar-refractivity contribution in [3.63, 3.8) is 0 Å². The van der Waals surface area contributed by atoms with Crippen molar-refractivity contribution in [1.82, 2.24) is 5.32 Å². The summed E-state index contributed by atoms with van der Waals surface area (Å²) >= 11 is 9.68. The summed E-state index contributed by atoms with van der Waals surface area (Å²) in [5, 5.41) is 3.58. The van der Waals surface area contributed by atoms with Crippen molar-refractivity contribution in [2.75, 3.05) is 6.54 Å². The van der Waals surface area contributed by atoms with Crippen molar-refractivity contribution in [3.8, 4) is 0 Å². The van der Waals surface area contributed by atoms with Crippen molar-refractivity contribution in [1.29, 1.82) is 0 Å². The summed E-state index contributed by atoms with van der Waals surface area (Å²) in [6.07, 6.45) is 2.22. The Morgan fingerprint density at radius 3 is 2.53 bits per heavy atom. The molecule has 0 fully saturated rings. The number of carbonyl (C=O) groups is 1. The molecule has 0 radical (unpaired) electrons. The minimum Gasteiger partial charge on any atom is -0.351 e. The Bertz CT molecular complexity index is 432. The fourth-order valence-corrected chi connectivity index (χ4v) is 3.08. The Kier molecular flexibility index (Phi) is 6.87. The second-order valence-corrected chi connectivity index (χ2v) is 6.35. The van der Waals surface area contributed by atoms with Gasteiger partial charge in [-0.2, -0.15) is 0 Å². The molecule has 0 aromatic heterocycles. The monoisotopic (exact) mass is 345 g/mol. The molecule has 2 nitrogen and oxygen atoms in total. The third kappa shape index (κ3) is 4.81. The summed E-state index contributed by atoms with van der Waals surface area (Å²) in [5.41, 5.74) is 1.59. The summed E-state index contributed by atoms with van der Waals surface area (Å²) in [7, 11) is 0. The number of amides is 1. The van der Waals surface area contributed by atoms with Gasteiger partial charge in [0.05, 0.1) is 0 Å². The van der Waals surface area contributed by atoms with Crippen LogP contribution in [0.5, 0.6) is 0 Å². The van der Waals surface area contributed by atoms with E-state index in [1.807, 2.05) is 13.0 Å². The molecule has 0 saturated heterocycles. The van der Waals surface area contributed by atoms with Gasteiger partial charge in [0.15, 0.2) is 0 Å². The normalized spacial score (nSPS) is 12.5. The lowest BCUT2D eigenvalue weighted by Crippen LogP contribution is -2.32. The number of nitrogens with one attached hydrogen (secondary N) is 1. The highest BCUT2D eigenvalue weighted by molar-refractivity contribution is 9.09. The zero-order chi connectivity index (χ0) is 14.4. The number of rotatable bonds is 6. The van der Waals surface area contributed by atoms with E-state index in [0.29, 0.717) is 27.9 Å². The van der Waals surface area contributed by atoms with Crippen molar-refractivity contribution in [2.24, 2.45) is 5.92 Å². The first kappa shape index (κ1) is 16.5. The second-order valence-electron chi connectivity index (χ2n) is 4.77. The molecule has 0 heterocycles. The molecule has 1 atom stereocenters. The molecule has 1 aromatic rings. The number of hydrogen-bond donors (Lipinski definition) is 1. The molecular weight excluding hydrogens is 326 g/mol. The lowest BCUT2D eigenvalue weighted by molar-refractivity contribution is 0.0952. The fourth-order valence-electron chi connectivity index (χ4n) is 1.99. The standard InChI is InChI=1S/C15H21BrClNO/c1-4-11(5-2)13(16)9-18-15(19)12-7-6-10(3)14(17)8-12/h6-8,11,13H,4-5,9H2,1-3H3,(H,18,19). The van der Waals surface area contributed by atoms with Gasteiger partial charge in [-0.15, -0.1) is 0 Å². The van der Waals surface area contributed by atoms with Gasteiger partial charge in [-0.1, -0.05) is 60.3 Å². The summed E-state index contributed by atoms with van der Waals surface area (Å²) in [4.78, 5) is 12.3. The zero-order valence-corrected chi connectivity index (χ0v) is 14.0. The molecule has 0 aliphatic heterocycles. The first-order valence-electron chi connectivity index (χ1n) is 6.68. The van der Waals surface area contributed by atoms with E-state index in [4.69, 9.17) is 11.6 Å². The van der Waals surface area contributed by atoms with Crippen LogP contribution >= 0.6 is 27.5 Å². The number of alkyl halides is 1. The first-order valence-corrected chi connectivity index (χ1v) is 7.97. The van der Waals surface area contributed by atoms with Gasteiger partial charge in [-0.3, -0.25) is 4.79 Å². The van der Waals surface area contributed by atoms with Crippen LogP contribution in [0, 0.1) is 12.8 Å². The van der Waals surface area contributed by atoms with Gasteiger partial charge in [0, 0.05) is 22.0 Å². The van der Waals surface area contributed by atoms with E-state index in [1.165, 1.54) is 0 Å². The van der Waals surface area contributed by atoms with Crippen LogP contribution in [-0.2, 0) is 0 Å². The predicted octanol–water partition coefficient (Wildman–Crippen LogP) is 4.58. The average molecular weight is 347 g/mol. The molecule has 4 heteroatoms. The maximum atomic E-state index is 12.0. The SMILES string of the molecule is CCC(CC)C(Br)CNC(=O)c1ccc(C)c(Cl)c1. The number of halogens is 2. The number of benzene rings is 1. The Morgan fingerprint density at radius 1 is 1.37 bits per heavy atom. The minimum atomic E-state index is -0.0719. The Balaban J connectivity index is 2.58. The average Bonchev–Trinajstić information content (AvgIpc) is 2.40. The van der Waals surface area contributed by atoms with Crippen LogP contribution in [0.25, 0.3) is 0 Å². The Morgan fingerprint density at radius 2 is 2.00 bits per heavy atom. The van der Waals surface area contributed by atoms with Gasteiger partial charge < -0.3 is 5.32 Å². The first-order chi connectivity index (χ1) is 8.99. The highest BCUT2D eigenvalue weighted by Gasteiger charge is 2.16. The minimum absolute atomic E-state index is 0.0719. The van der Waals surface area contributed by atoms with Gasteiger partial charge in [-0.05, 0) is 30.5 Å². The van der Waals surface area contributed by atoms with Crippen molar-refractivity contribution in [2.45, 2.75) is 38.4 Å². The maximum absolute atomic E-state index is 12.0. The van der Waals surface area contributed by atoms with Crippen LogP contribution in [0.4, 0.5) is 0 Å². The second kappa shape index (κ2) is 7.91. The van der Waals surface area contributed by atoms with E-state index in [9.17, 15) is 4.79 Å². The molecule has 1 aromatic carbocycles. The topological polar surface area (TPSA) is 29.1 Å². The summed E-state index contributed by atoms with van der Waals surface area (Å²) in [6, 6.07) is 5.38. The number of hydrogen-bond acceptors (Lipinski definition) is 1. The van der Waals surface area contributed by atoms with Crippen molar-refractivity contribution < 1.29 is 4.79 Å². The third-order valence-corrected chi connectivity index (χ3v) is 4.93. The van der Waals surface area contributed by atoms with Crippen LogP contribution in [-0.4, -0.2) is 17.3 Å². The molecule has 19 heavy (non-hydrogen) atoms. The summed E-state index contributed by atoms with van der Waals surface area (Å²) in [6.45, 7) is 6.90. The summed E-state index contributed by atoms with van der Waals surface area (Å²) < 4.78 is 0. The van der Waals surface area contributed by atoms with Gasteiger partial charge in [-0.25, -0.2) is 0 Å². The highest BCUT2D eigenvalue weighted by Crippen LogP contribution is 2.20. The van der Waals surface area contributed by atoms with Crippen LogP contribution < -0.4 is 5.32 Å².